The topological polar surface area (TPSA) is 67.5 Å². The van der Waals surface area contributed by atoms with Gasteiger partial charge in [-0.1, -0.05) is 0 Å². The molecule has 0 bridgehead atoms. The van der Waals surface area contributed by atoms with Gasteiger partial charge >= 0.3 is 0 Å². The van der Waals surface area contributed by atoms with Gasteiger partial charge in [-0.3, -0.25) is 15.5 Å². The highest BCUT2D eigenvalue weighted by atomic mass is 79.9. The lowest BCUT2D eigenvalue weighted by Crippen LogP contribution is -1.92. The molecule has 0 fully saturated rings. The fraction of sp³-hybridized carbons (Fsp3) is 0.125. The molecular formula is C8H8BrN3O2. The Labute approximate surface area is 89.1 Å². The first-order valence-electron chi connectivity index (χ1n) is 3.80. The number of nitrogens with one attached hydrogen (secondary N) is 1. The Morgan fingerprint density at radius 3 is 2.50 bits per heavy atom. The Balaban J connectivity index is 2.74. The molecule has 0 saturated heterocycles. The van der Waals surface area contributed by atoms with Gasteiger partial charge in [0.1, 0.15) is 4.62 Å². The van der Waals surface area contributed by atoms with Crippen molar-refractivity contribution in [1.82, 2.24) is 0 Å². The summed E-state index contributed by atoms with van der Waals surface area (Å²) in [6, 6.07) is 6.03. The average molecular weight is 258 g/mol. The maximum absolute atomic E-state index is 10.3. The van der Waals surface area contributed by atoms with E-state index in [0.29, 0.717) is 10.3 Å². The van der Waals surface area contributed by atoms with E-state index in [9.17, 15) is 10.1 Å². The molecule has 0 aliphatic rings. The Morgan fingerprint density at radius 2 is 2.07 bits per heavy atom. The van der Waals surface area contributed by atoms with Gasteiger partial charge in [-0.05, 0) is 35.0 Å². The predicted octanol–water partition coefficient (Wildman–Crippen LogP) is 2.74. The summed E-state index contributed by atoms with van der Waals surface area (Å²) in [5, 5.41) is 14.2. The highest BCUT2D eigenvalue weighted by Crippen LogP contribution is 2.15. The van der Waals surface area contributed by atoms with Crippen LogP contribution in [0.4, 0.5) is 11.4 Å². The van der Waals surface area contributed by atoms with Gasteiger partial charge in [0.05, 0.1) is 10.6 Å². The van der Waals surface area contributed by atoms with Gasteiger partial charge in [0.15, 0.2) is 0 Å². The van der Waals surface area contributed by atoms with Crippen molar-refractivity contribution in [1.29, 1.82) is 0 Å². The Hall–Kier alpha value is -1.43. The van der Waals surface area contributed by atoms with Crippen LogP contribution < -0.4 is 5.43 Å². The van der Waals surface area contributed by atoms with Crippen LogP contribution in [-0.2, 0) is 0 Å². The third-order valence-electron chi connectivity index (χ3n) is 1.42. The number of hydrogen-bond acceptors (Lipinski definition) is 4. The van der Waals surface area contributed by atoms with Gasteiger partial charge in [-0.2, -0.15) is 5.10 Å². The second-order valence-corrected chi connectivity index (χ2v) is 3.67. The highest BCUT2D eigenvalue weighted by Gasteiger charge is 2.02. The molecule has 0 radical (unpaired) electrons. The molecule has 0 aliphatic heterocycles. The molecule has 0 spiro atoms. The predicted molar refractivity (Wildman–Crippen MR) is 58.8 cm³/mol. The van der Waals surface area contributed by atoms with Crippen molar-refractivity contribution in [3.63, 3.8) is 0 Å². The van der Waals surface area contributed by atoms with E-state index in [2.05, 4.69) is 26.5 Å². The number of nitro groups is 1. The number of hydrogen-bond donors (Lipinski definition) is 1. The number of halogens is 1. The minimum atomic E-state index is -0.442. The molecule has 1 N–H and O–H groups in total. The fourth-order valence-corrected chi connectivity index (χ4v) is 0.888. The zero-order valence-electron chi connectivity index (χ0n) is 7.40. The summed E-state index contributed by atoms with van der Waals surface area (Å²) in [4.78, 5) is 9.89. The molecule has 0 atom stereocenters. The molecule has 74 valence electrons. The van der Waals surface area contributed by atoms with Crippen molar-refractivity contribution in [2.45, 2.75) is 6.92 Å². The zero-order chi connectivity index (χ0) is 10.6. The summed E-state index contributed by atoms with van der Waals surface area (Å²) in [7, 11) is 0. The Morgan fingerprint density at radius 1 is 1.50 bits per heavy atom. The number of rotatable bonds is 3. The van der Waals surface area contributed by atoms with Gasteiger partial charge in [0, 0.05) is 12.1 Å². The second kappa shape index (κ2) is 4.71. The molecule has 0 heterocycles. The van der Waals surface area contributed by atoms with E-state index in [0.717, 1.165) is 0 Å². The van der Waals surface area contributed by atoms with Crippen LogP contribution in [0, 0.1) is 10.1 Å². The van der Waals surface area contributed by atoms with Crippen molar-refractivity contribution in [2.75, 3.05) is 5.43 Å². The van der Waals surface area contributed by atoms with Crippen LogP contribution >= 0.6 is 15.9 Å². The quantitative estimate of drug-likeness (QED) is 0.515. The largest absolute Gasteiger partial charge is 0.278 e. The van der Waals surface area contributed by atoms with E-state index < -0.39 is 4.92 Å². The first kappa shape index (κ1) is 10.6. The summed E-state index contributed by atoms with van der Waals surface area (Å²) in [6.07, 6.45) is 0. The van der Waals surface area contributed by atoms with Crippen molar-refractivity contribution in [3.8, 4) is 0 Å². The molecule has 0 unspecified atom stereocenters. The van der Waals surface area contributed by atoms with Crippen LogP contribution in [0.2, 0.25) is 0 Å². The number of benzene rings is 1. The summed E-state index contributed by atoms with van der Waals surface area (Å²) in [5.41, 5.74) is 3.50. The number of anilines is 1. The first-order valence-corrected chi connectivity index (χ1v) is 4.59. The maximum Gasteiger partial charge on any atom is 0.269 e. The lowest BCUT2D eigenvalue weighted by atomic mass is 10.3. The van der Waals surface area contributed by atoms with Crippen LogP contribution in [-0.4, -0.2) is 9.54 Å². The van der Waals surface area contributed by atoms with Crippen molar-refractivity contribution in [2.24, 2.45) is 5.10 Å². The third-order valence-corrected chi connectivity index (χ3v) is 1.59. The number of non-ortho nitro benzene ring substituents is 1. The second-order valence-electron chi connectivity index (χ2n) is 2.52. The minimum Gasteiger partial charge on any atom is -0.278 e. The number of nitro benzene ring substituents is 1. The molecule has 14 heavy (non-hydrogen) atoms. The Kier molecular flexibility index (Phi) is 3.58. The molecule has 1 aromatic carbocycles. The van der Waals surface area contributed by atoms with Gasteiger partial charge in [-0.25, -0.2) is 0 Å². The van der Waals surface area contributed by atoms with E-state index >= 15 is 0 Å². The van der Waals surface area contributed by atoms with Crippen LogP contribution in [0.15, 0.2) is 29.4 Å². The van der Waals surface area contributed by atoms with E-state index in [-0.39, 0.29) is 5.69 Å². The first-order chi connectivity index (χ1) is 6.59. The minimum absolute atomic E-state index is 0.0649. The molecule has 6 heteroatoms. The standard InChI is InChI=1S/C8H8BrN3O2/c1-6(9)10-11-7-2-4-8(5-3-7)12(13)14/h2-5,11H,1H3. The van der Waals surface area contributed by atoms with Gasteiger partial charge in [0.2, 0.25) is 0 Å². The molecule has 0 aliphatic carbocycles. The van der Waals surface area contributed by atoms with Crippen LogP contribution in [0.3, 0.4) is 0 Å². The maximum atomic E-state index is 10.3. The average Bonchev–Trinajstić information content (AvgIpc) is 2.15. The smallest absolute Gasteiger partial charge is 0.269 e. The van der Waals surface area contributed by atoms with Crippen molar-refractivity contribution in [3.05, 3.63) is 34.4 Å². The van der Waals surface area contributed by atoms with Gasteiger partial charge in [0.25, 0.3) is 5.69 Å². The molecular weight excluding hydrogens is 250 g/mol. The summed E-state index contributed by atoms with van der Waals surface area (Å²) in [5.74, 6) is 0. The van der Waals surface area contributed by atoms with Crippen LogP contribution in [0.1, 0.15) is 6.92 Å². The van der Waals surface area contributed by atoms with Crippen LogP contribution in [0.25, 0.3) is 0 Å². The molecule has 1 rings (SSSR count). The van der Waals surface area contributed by atoms with Gasteiger partial charge < -0.3 is 0 Å². The SMILES string of the molecule is CC(Br)=NNc1ccc([N+](=O)[O-])cc1. The van der Waals surface area contributed by atoms with Gasteiger partial charge in [-0.15, -0.1) is 0 Å². The van der Waals surface area contributed by atoms with Crippen molar-refractivity contribution >= 4 is 31.9 Å². The normalized spacial score (nSPS) is 11.1. The molecule has 0 saturated carbocycles. The fourth-order valence-electron chi connectivity index (χ4n) is 0.799. The van der Waals surface area contributed by atoms with E-state index in [1.54, 1.807) is 19.1 Å². The molecule has 0 amide bonds. The summed E-state index contributed by atoms with van der Waals surface area (Å²) >= 11 is 3.15. The lowest BCUT2D eigenvalue weighted by Gasteiger charge is -1.98. The van der Waals surface area contributed by atoms with E-state index in [1.807, 2.05) is 0 Å². The number of hydrazone groups is 1. The zero-order valence-corrected chi connectivity index (χ0v) is 8.98. The monoisotopic (exact) mass is 257 g/mol. The third kappa shape index (κ3) is 3.14. The highest BCUT2D eigenvalue weighted by molar-refractivity contribution is 9.18. The van der Waals surface area contributed by atoms with E-state index in [1.165, 1.54) is 12.1 Å². The summed E-state index contributed by atoms with van der Waals surface area (Å²) < 4.78 is 0.704. The van der Waals surface area contributed by atoms with E-state index in [4.69, 9.17) is 0 Å². The van der Waals surface area contributed by atoms with Crippen LogP contribution in [0.5, 0.6) is 0 Å². The lowest BCUT2D eigenvalue weighted by molar-refractivity contribution is -0.384. The summed E-state index contributed by atoms with van der Waals surface area (Å²) in [6.45, 7) is 1.78. The number of nitrogens with zero attached hydrogens (tertiary/aromatic N) is 2. The molecule has 1 aromatic rings. The van der Waals surface area contributed by atoms with Crippen molar-refractivity contribution < 1.29 is 4.92 Å². The Bertz CT molecular complexity index is 357. The molecule has 0 aromatic heterocycles. The molecule has 5 nitrogen and oxygen atoms in total.